The highest BCUT2D eigenvalue weighted by atomic mass is 79.9. The average molecular weight is 343 g/mol. The van der Waals surface area contributed by atoms with Crippen molar-refractivity contribution < 1.29 is 18.0 Å². The van der Waals surface area contributed by atoms with Gasteiger partial charge in [0.05, 0.1) is 10.0 Å². The number of hydrogen-bond acceptors (Lipinski definition) is 1. The molecule has 0 aliphatic rings. The Balaban J connectivity index is 2.38. The van der Waals surface area contributed by atoms with Gasteiger partial charge in [-0.05, 0) is 47.1 Å². The van der Waals surface area contributed by atoms with Crippen LogP contribution in [0.4, 0.5) is 13.2 Å². The van der Waals surface area contributed by atoms with Crippen molar-refractivity contribution in [1.82, 2.24) is 0 Å². The monoisotopic (exact) mass is 342 g/mol. The van der Waals surface area contributed by atoms with Crippen molar-refractivity contribution in [3.63, 3.8) is 0 Å². The third-order valence-electron chi connectivity index (χ3n) is 2.90. The Hall–Kier alpha value is -1.62. The number of halogens is 4. The maximum absolute atomic E-state index is 13.8. The van der Waals surface area contributed by atoms with Gasteiger partial charge in [-0.2, -0.15) is 0 Å². The standard InChI is InChI=1S/C15H10BrF3O/c1-8-2-4-12(17)9(6-8)14(20)7-10-13(18)5-3-11(16)15(10)19/h2-6H,7H2,1H3. The molecule has 0 atom stereocenters. The molecule has 2 aromatic carbocycles. The van der Waals surface area contributed by atoms with Crippen LogP contribution < -0.4 is 0 Å². The van der Waals surface area contributed by atoms with E-state index >= 15 is 0 Å². The summed E-state index contributed by atoms with van der Waals surface area (Å²) in [6, 6.07) is 6.32. The Morgan fingerprint density at radius 3 is 2.45 bits per heavy atom. The fourth-order valence-electron chi connectivity index (χ4n) is 1.84. The molecule has 0 saturated heterocycles. The van der Waals surface area contributed by atoms with Crippen LogP contribution in [0, 0.1) is 24.4 Å². The van der Waals surface area contributed by atoms with Crippen LogP contribution in [0.2, 0.25) is 0 Å². The maximum atomic E-state index is 13.8. The summed E-state index contributed by atoms with van der Waals surface area (Å²) in [5.74, 6) is -3.03. The highest BCUT2D eigenvalue weighted by Crippen LogP contribution is 2.23. The first-order valence-corrected chi connectivity index (χ1v) is 6.61. The third kappa shape index (κ3) is 2.93. The topological polar surface area (TPSA) is 17.1 Å². The fourth-order valence-corrected chi connectivity index (χ4v) is 2.21. The molecule has 0 amide bonds. The van der Waals surface area contributed by atoms with Crippen molar-refractivity contribution in [2.45, 2.75) is 13.3 Å². The zero-order valence-electron chi connectivity index (χ0n) is 10.5. The van der Waals surface area contributed by atoms with Gasteiger partial charge >= 0.3 is 0 Å². The minimum atomic E-state index is -0.841. The second-order valence-corrected chi connectivity index (χ2v) is 5.26. The van der Waals surface area contributed by atoms with E-state index in [1.54, 1.807) is 6.92 Å². The number of benzene rings is 2. The van der Waals surface area contributed by atoms with E-state index < -0.39 is 29.7 Å². The molecular weight excluding hydrogens is 333 g/mol. The van der Waals surface area contributed by atoms with Crippen LogP contribution in [0.25, 0.3) is 0 Å². The van der Waals surface area contributed by atoms with E-state index in [4.69, 9.17) is 0 Å². The van der Waals surface area contributed by atoms with Crippen molar-refractivity contribution in [3.8, 4) is 0 Å². The van der Waals surface area contributed by atoms with Crippen molar-refractivity contribution in [2.24, 2.45) is 0 Å². The third-order valence-corrected chi connectivity index (χ3v) is 3.51. The summed E-state index contributed by atoms with van der Waals surface area (Å²) < 4.78 is 41.0. The Morgan fingerprint density at radius 2 is 1.75 bits per heavy atom. The van der Waals surface area contributed by atoms with Gasteiger partial charge < -0.3 is 0 Å². The molecule has 2 rings (SSSR count). The van der Waals surface area contributed by atoms with Crippen molar-refractivity contribution in [2.75, 3.05) is 0 Å². The Labute approximate surface area is 122 Å². The van der Waals surface area contributed by atoms with E-state index in [0.717, 1.165) is 12.1 Å². The molecule has 20 heavy (non-hydrogen) atoms. The molecule has 0 heterocycles. The molecule has 0 bridgehead atoms. The number of ketones is 1. The summed E-state index contributed by atoms with van der Waals surface area (Å²) in [5, 5.41) is 0. The molecule has 0 aliphatic carbocycles. The molecule has 104 valence electrons. The smallest absolute Gasteiger partial charge is 0.170 e. The average Bonchev–Trinajstić information content (AvgIpc) is 2.41. The highest BCUT2D eigenvalue weighted by molar-refractivity contribution is 9.10. The first-order valence-electron chi connectivity index (χ1n) is 5.82. The molecule has 0 fully saturated rings. The van der Waals surface area contributed by atoms with Crippen molar-refractivity contribution >= 4 is 21.7 Å². The van der Waals surface area contributed by atoms with Crippen LogP contribution in [0.5, 0.6) is 0 Å². The van der Waals surface area contributed by atoms with Gasteiger partial charge in [-0.1, -0.05) is 11.6 Å². The van der Waals surface area contributed by atoms with Gasteiger partial charge in [-0.15, -0.1) is 0 Å². The normalized spacial score (nSPS) is 10.7. The summed E-state index contributed by atoms with van der Waals surface area (Å²) in [5.41, 5.74) is 0.166. The second kappa shape index (κ2) is 5.79. The lowest BCUT2D eigenvalue weighted by Gasteiger charge is -2.07. The van der Waals surface area contributed by atoms with Gasteiger partial charge in [0.1, 0.15) is 17.5 Å². The molecule has 5 heteroatoms. The first-order chi connectivity index (χ1) is 9.40. The fraction of sp³-hybridized carbons (Fsp3) is 0.133. The number of carbonyl (C=O) groups excluding carboxylic acids is 1. The summed E-state index contributed by atoms with van der Waals surface area (Å²) >= 11 is 2.93. The SMILES string of the molecule is Cc1ccc(F)c(C(=O)Cc2c(F)ccc(Br)c2F)c1. The van der Waals surface area contributed by atoms with Gasteiger partial charge in [-0.25, -0.2) is 13.2 Å². The summed E-state index contributed by atoms with van der Waals surface area (Å²) in [7, 11) is 0. The van der Waals surface area contributed by atoms with Crippen LogP contribution >= 0.6 is 15.9 Å². The molecule has 0 aliphatic heterocycles. The number of hydrogen-bond donors (Lipinski definition) is 0. The Bertz CT molecular complexity index is 683. The van der Waals surface area contributed by atoms with Crippen molar-refractivity contribution in [3.05, 3.63) is 68.9 Å². The van der Waals surface area contributed by atoms with Gasteiger partial charge in [0.2, 0.25) is 0 Å². The lowest BCUT2D eigenvalue weighted by Crippen LogP contribution is -2.10. The number of carbonyl (C=O) groups is 1. The van der Waals surface area contributed by atoms with E-state index in [2.05, 4.69) is 15.9 Å². The molecule has 0 saturated carbocycles. The predicted octanol–water partition coefficient (Wildman–Crippen LogP) is 4.60. The molecule has 0 aromatic heterocycles. The van der Waals surface area contributed by atoms with E-state index in [-0.39, 0.29) is 15.6 Å². The van der Waals surface area contributed by atoms with Gasteiger partial charge in [0.15, 0.2) is 5.78 Å². The molecule has 0 N–H and O–H groups in total. The summed E-state index contributed by atoms with van der Waals surface area (Å²) in [6.07, 6.45) is -0.530. The van der Waals surface area contributed by atoms with Gasteiger partial charge in [0, 0.05) is 12.0 Å². The van der Waals surface area contributed by atoms with Crippen LogP contribution in [0.3, 0.4) is 0 Å². The molecule has 2 aromatic rings. The Kier molecular flexibility index (Phi) is 4.28. The van der Waals surface area contributed by atoms with Crippen LogP contribution in [0.15, 0.2) is 34.8 Å². The predicted molar refractivity (Wildman–Crippen MR) is 73.2 cm³/mol. The van der Waals surface area contributed by atoms with E-state index in [1.807, 2.05) is 0 Å². The van der Waals surface area contributed by atoms with Crippen LogP contribution in [-0.2, 0) is 6.42 Å². The lowest BCUT2D eigenvalue weighted by molar-refractivity contribution is 0.0986. The second-order valence-electron chi connectivity index (χ2n) is 4.40. The first kappa shape index (κ1) is 14.8. The zero-order valence-corrected chi connectivity index (χ0v) is 12.1. The van der Waals surface area contributed by atoms with Crippen LogP contribution in [0.1, 0.15) is 21.5 Å². The summed E-state index contributed by atoms with van der Waals surface area (Å²) in [6.45, 7) is 1.70. The maximum Gasteiger partial charge on any atom is 0.170 e. The van der Waals surface area contributed by atoms with Gasteiger partial charge in [-0.3, -0.25) is 4.79 Å². The van der Waals surface area contributed by atoms with Crippen molar-refractivity contribution in [1.29, 1.82) is 0 Å². The van der Waals surface area contributed by atoms with E-state index in [9.17, 15) is 18.0 Å². The molecule has 0 spiro atoms. The quantitative estimate of drug-likeness (QED) is 0.588. The lowest BCUT2D eigenvalue weighted by atomic mass is 10.0. The summed E-state index contributed by atoms with van der Waals surface area (Å²) in [4.78, 5) is 12.0. The number of rotatable bonds is 3. The number of aryl methyl sites for hydroxylation is 1. The zero-order chi connectivity index (χ0) is 14.9. The largest absolute Gasteiger partial charge is 0.294 e. The molecule has 1 nitrogen and oxygen atoms in total. The minimum Gasteiger partial charge on any atom is -0.294 e. The Morgan fingerprint density at radius 1 is 1.10 bits per heavy atom. The molecule has 0 radical (unpaired) electrons. The molecule has 0 unspecified atom stereocenters. The van der Waals surface area contributed by atoms with Crippen LogP contribution in [-0.4, -0.2) is 5.78 Å². The molecular formula is C15H10BrF3O. The minimum absolute atomic E-state index is 0.0615. The van der Waals surface area contributed by atoms with E-state index in [0.29, 0.717) is 5.56 Å². The number of Topliss-reactive ketones (excluding diaryl/α,β-unsaturated/α-hetero) is 1. The van der Waals surface area contributed by atoms with E-state index in [1.165, 1.54) is 18.2 Å². The highest BCUT2D eigenvalue weighted by Gasteiger charge is 2.19. The van der Waals surface area contributed by atoms with Gasteiger partial charge in [0.25, 0.3) is 0 Å².